The van der Waals surface area contributed by atoms with Crippen LogP contribution in [0.25, 0.3) is 0 Å². The molecule has 1 heterocycles. The highest BCUT2D eigenvalue weighted by Gasteiger charge is 2.22. The number of carbonyl (C=O) groups is 3. The van der Waals surface area contributed by atoms with Crippen LogP contribution in [0.3, 0.4) is 0 Å². The highest BCUT2D eigenvalue weighted by Crippen LogP contribution is 2.11. The van der Waals surface area contributed by atoms with Crippen molar-refractivity contribution < 1.29 is 19.1 Å². The third-order valence-corrected chi connectivity index (χ3v) is 3.25. The molecule has 22 heavy (non-hydrogen) atoms. The van der Waals surface area contributed by atoms with Gasteiger partial charge in [0.05, 0.1) is 6.61 Å². The van der Waals surface area contributed by atoms with Gasteiger partial charge in [0.1, 0.15) is 12.3 Å². The summed E-state index contributed by atoms with van der Waals surface area (Å²) < 4.78 is 5.28. The minimum absolute atomic E-state index is 0.0343. The summed E-state index contributed by atoms with van der Waals surface area (Å²) in [6, 6.07) is 6.58. The van der Waals surface area contributed by atoms with Crippen molar-refractivity contribution in [3.05, 3.63) is 29.8 Å². The zero-order chi connectivity index (χ0) is 15.9. The Bertz CT molecular complexity index is 556. The molecule has 1 saturated heterocycles. The zero-order valence-corrected chi connectivity index (χ0v) is 12.4. The largest absolute Gasteiger partial charge is 0.494 e. The van der Waals surface area contributed by atoms with E-state index in [1.165, 1.54) is 4.90 Å². The van der Waals surface area contributed by atoms with Crippen molar-refractivity contribution in [2.45, 2.75) is 19.8 Å². The summed E-state index contributed by atoms with van der Waals surface area (Å²) in [6.45, 7) is 2.97. The first-order valence-corrected chi connectivity index (χ1v) is 7.20. The molecule has 7 heteroatoms. The number of rotatable bonds is 5. The zero-order valence-electron chi connectivity index (χ0n) is 12.4. The Balaban J connectivity index is 1.79. The van der Waals surface area contributed by atoms with Crippen LogP contribution >= 0.6 is 0 Å². The van der Waals surface area contributed by atoms with Crippen LogP contribution in [0.2, 0.25) is 0 Å². The second-order valence-electron chi connectivity index (χ2n) is 4.88. The fourth-order valence-electron chi connectivity index (χ4n) is 2.15. The van der Waals surface area contributed by atoms with Crippen molar-refractivity contribution in [2.24, 2.45) is 0 Å². The summed E-state index contributed by atoms with van der Waals surface area (Å²) >= 11 is 0. The number of likely N-dealkylation sites (tertiary alicyclic amines) is 1. The number of ether oxygens (including phenoxy) is 1. The van der Waals surface area contributed by atoms with Gasteiger partial charge in [-0.3, -0.25) is 25.2 Å². The number of amides is 3. The molecule has 0 atom stereocenters. The maximum atomic E-state index is 11.9. The van der Waals surface area contributed by atoms with E-state index in [1.54, 1.807) is 24.3 Å². The summed E-state index contributed by atoms with van der Waals surface area (Å²) in [7, 11) is 0. The lowest BCUT2D eigenvalue weighted by molar-refractivity contribution is -0.133. The van der Waals surface area contributed by atoms with E-state index in [-0.39, 0.29) is 12.5 Å². The van der Waals surface area contributed by atoms with E-state index in [0.717, 1.165) is 6.42 Å². The fraction of sp³-hybridized carbons (Fsp3) is 0.400. The lowest BCUT2D eigenvalue weighted by Gasteiger charge is -2.15. The van der Waals surface area contributed by atoms with E-state index in [1.807, 2.05) is 6.92 Å². The topological polar surface area (TPSA) is 87.7 Å². The van der Waals surface area contributed by atoms with Gasteiger partial charge in [-0.2, -0.15) is 0 Å². The lowest BCUT2D eigenvalue weighted by atomic mass is 10.2. The molecule has 0 saturated carbocycles. The number of hydrogen-bond acceptors (Lipinski definition) is 4. The Hall–Kier alpha value is -2.57. The molecule has 1 aliphatic heterocycles. The van der Waals surface area contributed by atoms with Crippen LogP contribution in [-0.2, 0) is 9.59 Å². The van der Waals surface area contributed by atoms with Crippen molar-refractivity contribution >= 4 is 17.7 Å². The van der Waals surface area contributed by atoms with E-state index in [0.29, 0.717) is 30.9 Å². The maximum Gasteiger partial charge on any atom is 0.269 e. The molecule has 118 valence electrons. The molecule has 2 rings (SSSR count). The molecule has 1 fully saturated rings. The Morgan fingerprint density at radius 1 is 1.23 bits per heavy atom. The second-order valence-corrected chi connectivity index (χ2v) is 4.88. The van der Waals surface area contributed by atoms with Crippen molar-refractivity contribution in [1.29, 1.82) is 0 Å². The number of hydrazine groups is 1. The first-order valence-electron chi connectivity index (χ1n) is 7.20. The molecule has 0 bridgehead atoms. The number of carbonyl (C=O) groups excluding carboxylic acids is 3. The molecule has 7 nitrogen and oxygen atoms in total. The van der Waals surface area contributed by atoms with Gasteiger partial charge in [0.25, 0.3) is 11.8 Å². The van der Waals surface area contributed by atoms with Gasteiger partial charge in [-0.1, -0.05) is 0 Å². The predicted molar refractivity (Wildman–Crippen MR) is 79.0 cm³/mol. The molecule has 1 aliphatic rings. The molecule has 3 amide bonds. The third kappa shape index (κ3) is 4.21. The summed E-state index contributed by atoms with van der Waals surface area (Å²) in [5.41, 5.74) is 5.03. The number of hydrogen-bond donors (Lipinski definition) is 2. The summed E-state index contributed by atoms with van der Waals surface area (Å²) in [5.74, 6) is -0.206. The minimum Gasteiger partial charge on any atom is -0.494 e. The van der Waals surface area contributed by atoms with Crippen LogP contribution in [0.4, 0.5) is 0 Å². The van der Waals surface area contributed by atoms with Crippen LogP contribution in [0.15, 0.2) is 24.3 Å². The van der Waals surface area contributed by atoms with E-state index in [2.05, 4.69) is 10.9 Å². The van der Waals surface area contributed by atoms with Gasteiger partial charge >= 0.3 is 0 Å². The maximum absolute atomic E-state index is 11.9. The molecule has 0 aromatic heterocycles. The molecule has 1 aromatic rings. The van der Waals surface area contributed by atoms with Crippen LogP contribution in [0.5, 0.6) is 5.75 Å². The molecule has 0 unspecified atom stereocenters. The predicted octanol–water partition coefficient (Wildman–Crippen LogP) is 0.469. The van der Waals surface area contributed by atoms with E-state index in [9.17, 15) is 14.4 Å². The Morgan fingerprint density at radius 3 is 2.55 bits per heavy atom. The molecule has 2 N–H and O–H groups in total. The first kappa shape index (κ1) is 15.8. The third-order valence-electron chi connectivity index (χ3n) is 3.25. The lowest BCUT2D eigenvalue weighted by Crippen LogP contribution is -2.46. The Morgan fingerprint density at radius 2 is 1.95 bits per heavy atom. The number of nitrogens with zero attached hydrogens (tertiary/aromatic N) is 1. The summed E-state index contributed by atoms with van der Waals surface area (Å²) in [4.78, 5) is 36.4. The molecule has 1 aromatic carbocycles. The Kier molecular flexibility index (Phi) is 5.35. The Labute approximate surface area is 128 Å². The van der Waals surface area contributed by atoms with Crippen molar-refractivity contribution in [3.63, 3.8) is 0 Å². The van der Waals surface area contributed by atoms with E-state index >= 15 is 0 Å². The van der Waals surface area contributed by atoms with Gasteiger partial charge in [-0.05, 0) is 37.6 Å². The average Bonchev–Trinajstić information content (AvgIpc) is 2.91. The number of nitrogens with one attached hydrogen (secondary N) is 2. The SMILES string of the molecule is CCOc1ccc(C(=O)NNC(=O)CN2CCCC2=O)cc1. The van der Waals surface area contributed by atoms with Crippen molar-refractivity contribution in [1.82, 2.24) is 15.8 Å². The van der Waals surface area contributed by atoms with E-state index in [4.69, 9.17) is 4.74 Å². The highest BCUT2D eigenvalue weighted by molar-refractivity contribution is 5.96. The molecule has 0 radical (unpaired) electrons. The molecule has 0 aliphatic carbocycles. The van der Waals surface area contributed by atoms with Crippen molar-refractivity contribution in [3.8, 4) is 5.75 Å². The molecular formula is C15H19N3O4. The van der Waals surface area contributed by atoms with Gasteiger partial charge in [-0.15, -0.1) is 0 Å². The first-order chi connectivity index (χ1) is 10.6. The quantitative estimate of drug-likeness (QED) is 0.774. The number of benzene rings is 1. The van der Waals surface area contributed by atoms with Crippen LogP contribution < -0.4 is 15.6 Å². The smallest absolute Gasteiger partial charge is 0.269 e. The van der Waals surface area contributed by atoms with Crippen LogP contribution in [0, 0.1) is 0 Å². The summed E-state index contributed by atoms with van der Waals surface area (Å²) in [5, 5.41) is 0. The second kappa shape index (κ2) is 7.44. The normalized spacial score (nSPS) is 13.9. The standard InChI is InChI=1S/C15H19N3O4/c1-2-22-12-7-5-11(6-8-12)15(21)17-16-13(19)10-18-9-3-4-14(18)20/h5-8H,2-4,9-10H2,1H3,(H,16,19)(H,17,21). The van der Waals surface area contributed by atoms with Gasteiger partial charge < -0.3 is 9.64 Å². The van der Waals surface area contributed by atoms with Gasteiger partial charge in [-0.25, -0.2) is 0 Å². The van der Waals surface area contributed by atoms with E-state index < -0.39 is 11.8 Å². The van der Waals surface area contributed by atoms with Gasteiger partial charge in [0, 0.05) is 18.5 Å². The highest BCUT2D eigenvalue weighted by atomic mass is 16.5. The van der Waals surface area contributed by atoms with Crippen LogP contribution in [0.1, 0.15) is 30.1 Å². The minimum atomic E-state index is -0.427. The summed E-state index contributed by atoms with van der Waals surface area (Å²) in [6.07, 6.45) is 1.25. The van der Waals surface area contributed by atoms with Gasteiger partial charge in [0.15, 0.2) is 0 Å². The van der Waals surface area contributed by atoms with Crippen LogP contribution in [-0.4, -0.2) is 42.3 Å². The monoisotopic (exact) mass is 305 g/mol. The van der Waals surface area contributed by atoms with Gasteiger partial charge in [0.2, 0.25) is 5.91 Å². The fourth-order valence-corrected chi connectivity index (χ4v) is 2.15. The molecule has 0 spiro atoms. The average molecular weight is 305 g/mol. The van der Waals surface area contributed by atoms with Crippen molar-refractivity contribution in [2.75, 3.05) is 19.7 Å². The molecular weight excluding hydrogens is 286 g/mol.